The summed E-state index contributed by atoms with van der Waals surface area (Å²) in [4.78, 5) is 0. The molecule has 1 radical (unpaired) electrons. The Labute approximate surface area is 93.5 Å². The van der Waals surface area contributed by atoms with E-state index in [4.69, 9.17) is 15.2 Å². The van der Waals surface area contributed by atoms with Crippen LogP contribution in [0.25, 0.3) is 5.70 Å². The number of methoxy groups -OCH3 is 2. The summed E-state index contributed by atoms with van der Waals surface area (Å²) in [5, 5.41) is 3.75. The molecule has 1 heterocycles. The van der Waals surface area contributed by atoms with Gasteiger partial charge in [-0.1, -0.05) is 0 Å². The van der Waals surface area contributed by atoms with Crippen molar-refractivity contribution in [3.05, 3.63) is 29.8 Å². The van der Waals surface area contributed by atoms with Crippen LogP contribution in [0.15, 0.2) is 29.4 Å². The molecular formula is C11H12N3O2. The maximum Gasteiger partial charge on any atom is 0.161 e. The highest BCUT2D eigenvalue weighted by molar-refractivity contribution is 6.00. The predicted octanol–water partition coefficient (Wildman–Crippen LogP) is 0.935. The van der Waals surface area contributed by atoms with Crippen molar-refractivity contribution in [3.8, 4) is 11.5 Å². The molecule has 1 aliphatic rings. The highest BCUT2D eigenvalue weighted by Crippen LogP contribution is 2.30. The third-order valence-electron chi connectivity index (χ3n) is 2.24. The standard InChI is InChI=1S/C11H12N3O2/c1-15-9-4-3-7(5-10(9)16-2)8-6-11(12)14-13-8/h3-6H,1-2H3,(H2,12,14). The van der Waals surface area contributed by atoms with Crippen LogP contribution in [0, 0.1) is 0 Å². The quantitative estimate of drug-likeness (QED) is 0.820. The van der Waals surface area contributed by atoms with Gasteiger partial charge in [0.25, 0.3) is 0 Å². The minimum atomic E-state index is 0.407. The maximum absolute atomic E-state index is 5.51. The zero-order chi connectivity index (χ0) is 11.5. The third-order valence-corrected chi connectivity index (χ3v) is 2.24. The van der Waals surface area contributed by atoms with Gasteiger partial charge in [-0.15, -0.1) is 10.5 Å². The molecule has 5 heteroatoms. The largest absolute Gasteiger partial charge is 0.493 e. The van der Waals surface area contributed by atoms with Crippen LogP contribution < -0.4 is 20.6 Å². The van der Waals surface area contributed by atoms with E-state index >= 15 is 0 Å². The fraction of sp³-hybridized carbons (Fsp3) is 0.182. The topological polar surface area (TPSA) is 70.9 Å². The van der Waals surface area contributed by atoms with Crippen LogP contribution in [-0.2, 0) is 0 Å². The molecule has 1 aromatic rings. The lowest BCUT2D eigenvalue weighted by molar-refractivity contribution is 0.355. The van der Waals surface area contributed by atoms with Gasteiger partial charge in [-0.25, -0.2) is 0 Å². The Morgan fingerprint density at radius 1 is 1.12 bits per heavy atom. The Balaban J connectivity index is 2.34. The fourth-order valence-electron chi connectivity index (χ4n) is 1.45. The smallest absolute Gasteiger partial charge is 0.161 e. The molecule has 0 aliphatic carbocycles. The second-order valence-electron chi connectivity index (χ2n) is 3.22. The van der Waals surface area contributed by atoms with Gasteiger partial charge in [-0.2, -0.15) is 0 Å². The average Bonchev–Trinajstić information content (AvgIpc) is 2.75. The van der Waals surface area contributed by atoms with Gasteiger partial charge in [0.1, 0.15) is 5.84 Å². The van der Waals surface area contributed by atoms with Crippen molar-refractivity contribution in [2.75, 3.05) is 14.2 Å². The molecule has 0 saturated carbocycles. The van der Waals surface area contributed by atoms with Crippen molar-refractivity contribution >= 4 is 11.5 Å². The summed E-state index contributed by atoms with van der Waals surface area (Å²) in [6.07, 6.45) is 1.71. The average molecular weight is 218 g/mol. The van der Waals surface area contributed by atoms with Crippen LogP contribution in [0.4, 0.5) is 0 Å². The van der Waals surface area contributed by atoms with Crippen LogP contribution >= 0.6 is 0 Å². The minimum absolute atomic E-state index is 0.407. The summed E-state index contributed by atoms with van der Waals surface area (Å²) in [6, 6.07) is 5.53. The molecule has 0 spiro atoms. The summed E-state index contributed by atoms with van der Waals surface area (Å²) < 4.78 is 10.3. The van der Waals surface area contributed by atoms with Gasteiger partial charge >= 0.3 is 0 Å². The van der Waals surface area contributed by atoms with Crippen molar-refractivity contribution in [1.82, 2.24) is 5.43 Å². The molecule has 1 aliphatic heterocycles. The Morgan fingerprint density at radius 2 is 1.88 bits per heavy atom. The van der Waals surface area contributed by atoms with Crippen LogP contribution in [0.3, 0.4) is 0 Å². The van der Waals surface area contributed by atoms with Gasteiger partial charge in [0, 0.05) is 11.6 Å². The van der Waals surface area contributed by atoms with Crippen LogP contribution in [0.1, 0.15) is 5.56 Å². The Kier molecular flexibility index (Phi) is 2.68. The first-order valence-corrected chi connectivity index (χ1v) is 4.73. The second kappa shape index (κ2) is 4.14. The van der Waals surface area contributed by atoms with Gasteiger partial charge in [-0.3, -0.25) is 0 Å². The number of rotatable bonds is 3. The van der Waals surface area contributed by atoms with Crippen molar-refractivity contribution < 1.29 is 9.47 Å². The van der Waals surface area contributed by atoms with E-state index in [9.17, 15) is 0 Å². The number of ether oxygens (including phenoxy) is 2. The van der Waals surface area contributed by atoms with Gasteiger partial charge in [0.15, 0.2) is 11.5 Å². The van der Waals surface area contributed by atoms with Gasteiger partial charge < -0.3 is 15.2 Å². The van der Waals surface area contributed by atoms with Crippen LogP contribution in [0.2, 0.25) is 0 Å². The summed E-state index contributed by atoms with van der Waals surface area (Å²) in [6.45, 7) is 0. The van der Waals surface area contributed by atoms with E-state index in [-0.39, 0.29) is 0 Å². The Morgan fingerprint density at radius 3 is 2.44 bits per heavy atom. The first-order valence-electron chi connectivity index (χ1n) is 4.73. The lowest BCUT2D eigenvalue weighted by atomic mass is 10.1. The molecule has 1 aromatic carbocycles. The van der Waals surface area contributed by atoms with Crippen LogP contribution in [0.5, 0.6) is 11.5 Å². The Bertz CT molecular complexity index is 466. The SMILES string of the molecule is COc1ccc(C2=CC(N)=N[N]2)cc1OC. The van der Waals surface area contributed by atoms with E-state index in [1.54, 1.807) is 20.3 Å². The van der Waals surface area contributed by atoms with Gasteiger partial charge in [0.05, 0.1) is 19.9 Å². The zero-order valence-electron chi connectivity index (χ0n) is 9.10. The van der Waals surface area contributed by atoms with Gasteiger partial charge in [0.2, 0.25) is 0 Å². The molecule has 2 rings (SSSR count). The predicted molar refractivity (Wildman–Crippen MR) is 61.3 cm³/mol. The van der Waals surface area contributed by atoms with E-state index in [0.29, 0.717) is 17.3 Å². The van der Waals surface area contributed by atoms with Gasteiger partial charge in [-0.05, 0) is 18.2 Å². The summed E-state index contributed by atoms with van der Waals surface area (Å²) in [5.74, 6) is 1.74. The second-order valence-corrected chi connectivity index (χ2v) is 3.22. The fourth-order valence-corrected chi connectivity index (χ4v) is 1.45. The lowest BCUT2D eigenvalue weighted by Crippen LogP contribution is -2.04. The lowest BCUT2D eigenvalue weighted by Gasteiger charge is -2.09. The molecule has 16 heavy (non-hydrogen) atoms. The number of benzene rings is 1. The molecule has 0 aromatic heterocycles. The summed E-state index contributed by atoms with van der Waals surface area (Å²) in [7, 11) is 3.19. The number of hydrogen-bond donors (Lipinski definition) is 1. The molecule has 5 nitrogen and oxygen atoms in total. The first kappa shape index (κ1) is 10.4. The highest BCUT2D eigenvalue weighted by Gasteiger charge is 2.12. The molecule has 0 fully saturated rings. The van der Waals surface area contributed by atoms with Crippen molar-refractivity contribution in [2.24, 2.45) is 10.8 Å². The molecule has 0 atom stereocenters. The number of nitrogens with zero attached hydrogens (tertiary/aromatic N) is 2. The number of amidine groups is 1. The van der Waals surface area contributed by atoms with Crippen molar-refractivity contribution in [2.45, 2.75) is 0 Å². The number of nitrogens with two attached hydrogens (primary N) is 1. The monoisotopic (exact) mass is 218 g/mol. The third kappa shape index (κ3) is 1.79. The first-order chi connectivity index (χ1) is 7.74. The summed E-state index contributed by atoms with van der Waals surface area (Å²) in [5.41, 5.74) is 11.1. The van der Waals surface area contributed by atoms with E-state index < -0.39 is 0 Å². The van der Waals surface area contributed by atoms with E-state index in [1.165, 1.54) is 0 Å². The molecule has 2 N–H and O–H groups in total. The van der Waals surface area contributed by atoms with E-state index in [1.807, 2.05) is 18.2 Å². The van der Waals surface area contributed by atoms with Crippen molar-refractivity contribution in [1.29, 1.82) is 0 Å². The van der Waals surface area contributed by atoms with E-state index in [0.717, 1.165) is 11.3 Å². The minimum Gasteiger partial charge on any atom is -0.493 e. The van der Waals surface area contributed by atoms with Crippen molar-refractivity contribution in [3.63, 3.8) is 0 Å². The molecule has 83 valence electrons. The summed E-state index contributed by atoms with van der Waals surface area (Å²) >= 11 is 0. The number of hydrogen-bond acceptors (Lipinski definition) is 4. The molecule has 0 bridgehead atoms. The van der Waals surface area contributed by atoms with E-state index in [2.05, 4.69) is 10.5 Å². The maximum atomic E-state index is 5.51. The molecular weight excluding hydrogens is 206 g/mol. The molecule has 0 unspecified atom stereocenters. The zero-order valence-corrected chi connectivity index (χ0v) is 9.10. The molecule has 0 saturated heterocycles. The Hall–Kier alpha value is -2.17. The highest BCUT2D eigenvalue weighted by atomic mass is 16.5. The van der Waals surface area contributed by atoms with Crippen LogP contribution in [-0.4, -0.2) is 20.1 Å². The normalized spacial score (nSPS) is 13.9. The molecule has 0 amide bonds.